The number of benzene rings is 1. The third kappa shape index (κ3) is 4.90. The molecule has 2 heterocycles. The van der Waals surface area contributed by atoms with Crippen molar-refractivity contribution in [2.24, 2.45) is 0 Å². The summed E-state index contributed by atoms with van der Waals surface area (Å²) in [6, 6.07) is 11.7. The standard InChI is InChI=1S/C18H17Cl2F2NO3/c19-16-6-13(7-17(20)23-16)18(21,22)15-11-25-10-14(26-15)9-24-8-12-4-2-1-3-5-12/h1-7,14-15H,8-11H2. The molecule has 1 aromatic heterocycles. The Morgan fingerprint density at radius 1 is 1.12 bits per heavy atom. The lowest BCUT2D eigenvalue weighted by atomic mass is 10.0. The zero-order valence-corrected chi connectivity index (χ0v) is 15.2. The molecule has 0 radical (unpaired) electrons. The number of hydrogen-bond donors (Lipinski definition) is 0. The van der Waals surface area contributed by atoms with Gasteiger partial charge in [0, 0.05) is 5.56 Å². The smallest absolute Gasteiger partial charge is 0.301 e. The third-order valence-corrected chi connectivity index (χ3v) is 4.28. The Balaban J connectivity index is 1.60. The van der Waals surface area contributed by atoms with Crippen molar-refractivity contribution >= 4 is 23.2 Å². The molecule has 2 atom stereocenters. The minimum atomic E-state index is -3.33. The molecule has 2 aromatic rings. The number of hydrogen-bond acceptors (Lipinski definition) is 4. The van der Waals surface area contributed by atoms with Gasteiger partial charge in [-0.3, -0.25) is 0 Å². The minimum Gasteiger partial charge on any atom is -0.376 e. The Morgan fingerprint density at radius 2 is 1.81 bits per heavy atom. The molecule has 8 heteroatoms. The maximum absolute atomic E-state index is 14.8. The van der Waals surface area contributed by atoms with Gasteiger partial charge in [-0.1, -0.05) is 53.5 Å². The first-order valence-corrected chi connectivity index (χ1v) is 8.77. The molecule has 2 unspecified atom stereocenters. The van der Waals surface area contributed by atoms with Crippen molar-refractivity contribution in [1.29, 1.82) is 0 Å². The molecule has 1 saturated heterocycles. The molecule has 1 aliphatic rings. The van der Waals surface area contributed by atoms with E-state index in [1.54, 1.807) is 0 Å². The second kappa shape index (κ2) is 8.59. The van der Waals surface area contributed by atoms with E-state index in [0.717, 1.165) is 17.7 Å². The number of pyridine rings is 1. The quantitative estimate of drug-likeness (QED) is 0.666. The summed E-state index contributed by atoms with van der Waals surface area (Å²) < 4.78 is 45.9. The molecule has 1 aliphatic heterocycles. The monoisotopic (exact) mass is 403 g/mol. The summed E-state index contributed by atoms with van der Waals surface area (Å²) in [7, 11) is 0. The first-order valence-electron chi connectivity index (χ1n) is 8.01. The molecule has 3 rings (SSSR count). The van der Waals surface area contributed by atoms with Gasteiger partial charge in [0.05, 0.1) is 26.4 Å². The van der Waals surface area contributed by atoms with Crippen LogP contribution in [0.5, 0.6) is 0 Å². The Bertz CT molecular complexity index is 713. The van der Waals surface area contributed by atoms with Crippen LogP contribution in [0.3, 0.4) is 0 Å². The highest BCUT2D eigenvalue weighted by molar-refractivity contribution is 6.32. The van der Waals surface area contributed by atoms with Crippen molar-refractivity contribution in [3.8, 4) is 0 Å². The highest BCUT2D eigenvalue weighted by atomic mass is 35.5. The van der Waals surface area contributed by atoms with Crippen molar-refractivity contribution in [2.45, 2.75) is 24.7 Å². The zero-order chi connectivity index (χ0) is 18.6. The summed E-state index contributed by atoms with van der Waals surface area (Å²) in [6.45, 7) is 0.482. The summed E-state index contributed by atoms with van der Waals surface area (Å²) in [5, 5.41) is -0.210. The minimum absolute atomic E-state index is 0.105. The number of ether oxygens (including phenoxy) is 3. The summed E-state index contributed by atoms with van der Waals surface area (Å²) in [6.07, 6.45) is -2.05. The molecular weight excluding hydrogens is 387 g/mol. The third-order valence-electron chi connectivity index (χ3n) is 3.90. The molecule has 140 valence electrons. The number of aromatic nitrogens is 1. The van der Waals surface area contributed by atoms with Gasteiger partial charge in [-0.2, -0.15) is 8.78 Å². The molecule has 4 nitrogen and oxygen atoms in total. The predicted octanol–water partition coefficient (Wildman–Crippen LogP) is 4.48. The average molecular weight is 404 g/mol. The highest BCUT2D eigenvalue weighted by Crippen LogP contribution is 2.37. The van der Waals surface area contributed by atoms with Gasteiger partial charge in [0.1, 0.15) is 22.5 Å². The fourth-order valence-electron chi connectivity index (χ4n) is 2.62. The van der Waals surface area contributed by atoms with Gasteiger partial charge in [0.25, 0.3) is 0 Å². The normalized spacial score (nSPS) is 20.9. The summed E-state index contributed by atoms with van der Waals surface area (Å²) in [4.78, 5) is 3.68. The fraction of sp³-hybridized carbons (Fsp3) is 0.389. The van der Waals surface area contributed by atoms with Crippen LogP contribution in [0.15, 0.2) is 42.5 Å². The average Bonchev–Trinajstić information content (AvgIpc) is 2.62. The van der Waals surface area contributed by atoms with Gasteiger partial charge in [-0.05, 0) is 17.7 Å². The van der Waals surface area contributed by atoms with Crippen molar-refractivity contribution in [3.63, 3.8) is 0 Å². The SMILES string of the molecule is FC(F)(c1cc(Cl)nc(Cl)c1)C1COCC(COCc2ccccc2)O1. The maximum atomic E-state index is 14.8. The first kappa shape index (κ1) is 19.5. The van der Waals surface area contributed by atoms with E-state index in [1.807, 2.05) is 30.3 Å². The van der Waals surface area contributed by atoms with Gasteiger partial charge >= 0.3 is 5.92 Å². The molecule has 1 fully saturated rings. The van der Waals surface area contributed by atoms with Crippen LogP contribution in [0, 0.1) is 0 Å². The Kier molecular flexibility index (Phi) is 6.42. The highest BCUT2D eigenvalue weighted by Gasteiger charge is 2.46. The van der Waals surface area contributed by atoms with Gasteiger partial charge in [-0.25, -0.2) is 4.98 Å². The second-order valence-electron chi connectivity index (χ2n) is 5.91. The van der Waals surface area contributed by atoms with Crippen molar-refractivity contribution in [3.05, 3.63) is 63.9 Å². The van der Waals surface area contributed by atoms with Crippen LogP contribution in [-0.2, 0) is 26.7 Å². The second-order valence-corrected chi connectivity index (χ2v) is 6.68. The van der Waals surface area contributed by atoms with Crippen molar-refractivity contribution < 1.29 is 23.0 Å². The lowest BCUT2D eigenvalue weighted by Gasteiger charge is -2.34. The van der Waals surface area contributed by atoms with E-state index in [1.165, 1.54) is 0 Å². The molecule has 26 heavy (non-hydrogen) atoms. The van der Waals surface area contributed by atoms with E-state index in [0.29, 0.717) is 6.61 Å². The van der Waals surface area contributed by atoms with Gasteiger partial charge in [0.2, 0.25) is 0 Å². The first-order chi connectivity index (χ1) is 12.4. The van der Waals surface area contributed by atoms with Crippen LogP contribution in [0.2, 0.25) is 10.3 Å². The van der Waals surface area contributed by atoms with Gasteiger partial charge in [0.15, 0.2) is 0 Å². The van der Waals surface area contributed by atoms with Crippen molar-refractivity contribution in [1.82, 2.24) is 4.98 Å². The number of nitrogens with zero attached hydrogens (tertiary/aromatic N) is 1. The summed E-state index contributed by atoms with van der Waals surface area (Å²) >= 11 is 11.5. The largest absolute Gasteiger partial charge is 0.376 e. The van der Waals surface area contributed by atoms with E-state index in [9.17, 15) is 8.78 Å². The van der Waals surface area contributed by atoms with Gasteiger partial charge in [-0.15, -0.1) is 0 Å². The number of rotatable bonds is 6. The molecule has 0 bridgehead atoms. The van der Waals surface area contributed by atoms with Crippen LogP contribution < -0.4 is 0 Å². The Morgan fingerprint density at radius 3 is 2.50 bits per heavy atom. The van der Waals surface area contributed by atoms with Crippen LogP contribution >= 0.6 is 23.2 Å². The van der Waals surface area contributed by atoms with Crippen LogP contribution in [0.1, 0.15) is 11.1 Å². The van der Waals surface area contributed by atoms with Crippen LogP contribution in [0.4, 0.5) is 8.78 Å². The molecule has 0 saturated carbocycles. The maximum Gasteiger partial charge on any atom is 0.301 e. The van der Waals surface area contributed by atoms with E-state index < -0.39 is 18.1 Å². The number of alkyl halides is 2. The van der Waals surface area contributed by atoms with Crippen molar-refractivity contribution in [2.75, 3.05) is 19.8 Å². The fourth-order valence-corrected chi connectivity index (χ4v) is 3.08. The van der Waals surface area contributed by atoms with Crippen LogP contribution in [-0.4, -0.2) is 37.0 Å². The van der Waals surface area contributed by atoms with Crippen LogP contribution in [0.25, 0.3) is 0 Å². The lowest BCUT2D eigenvalue weighted by Crippen LogP contribution is -2.47. The Hall–Kier alpha value is -1.31. The predicted molar refractivity (Wildman–Crippen MR) is 93.7 cm³/mol. The molecule has 0 spiro atoms. The topological polar surface area (TPSA) is 40.6 Å². The zero-order valence-electron chi connectivity index (χ0n) is 13.7. The molecule has 1 aromatic carbocycles. The number of halogens is 4. The molecule has 0 amide bonds. The van der Waals surface area contributed by atoms with Gasteiger partial charge < -0.3 is 14.2 Å². The molecular formula is C18H17Cl2F2NO3. The van der Waals surface area contributed by atoms with E-state index in [4.69, 9.17) is 37.4 Å². The lowest BCUT2D eigenvalue weighted by molar-refractivity contribution is -0.236. The van der Waals surface area contributed by atoms with E-state index >= 15 is 0 Å². The molecule has 0 N–H and O–H groups in total. The van der Waals surface area contributed by atoms with E-state index in [2.05, 4.69) is 4.98 Å². The Labute approximate surface area is 160 Å². The summed E-state index contributed by atoms with van der Waals surface area (Å²) in [5.74, 6) is -3.33. The van der Waals surface area contributed by atoms with E-state index in [-0.39, 0.29) is 35.7 Å². The molecule has 0 aliphatic carbocycles. The summed E-state index contributed by atoms with van der Waals surface area (Å²) in [5.41, 5.74) is 0.633.